The standard InChI is InChI=1S/C18H16F3N5O/c1-11-15(23-7-6-22-11)12-8-25(9-12)17(27)16-24-13-4-2-3-5-14(13)26(16)10-18(19,20)21/h2-7,12H,8-10H2,1H3. The lowest BCUT2D eigenvalue weighted by molar-refractivity contribution is -0.140. The zero-order valence-electron chi connectivity index (χ0n) is 14.4. The lowest BCUT2D eigenvalue weighted by atomic mass is 9.94. The summed E-state index contributed by atoms with van der Waals surface area (Å²) in [6.45, 7) is 1.35. The maximum Gasteiger partial charge on any atom is 0.406 e. The molecule has 9 heteroatoms. The van der Waals surface area contributed by atoms with Gasteiger partial charge in [-0.05, 0) is 19.1 Å². The number of aromatic nitrogens is 4. The number of benzene rings is 1. The van der Waals surface area contributed by atoms with Crippen LogP contribution in [-0.4, -0.2) is 49.6 Å². The minimum atomic E-state index is -4.45. The van der Waals surface area contributed by atoms with Crippen LogP contribution in [0.2, 0.25) is 0 Å². The smallest absolute Gasteiger partial charge is 0.334 e. The van der Waals surface area contributed by atoms with Crippen LogP contribution in [0.15, 0.2) is 36.7 Å². The third kappa shape index (κ3) is 3.24. The summed E-state index contributed by atoms with van der Waals surface area (Å²) < 4.78 is 40.0. The number of para-hydroxylation sites is 2. The number of alkyl halides is 3. The molecule has 1 saturated heterocycles. The van der Waals surface area contributed by atoms with E-state index < -0.39 is 18.6 Å². The van der Waals surface area contributed by atoms with Crippen LogP contribution < -0.4 is 0 Å². The van der Waals surface area contributed by atoms with Gasteiger partial charge in [0.05, 0.1) is 22.4 Å². The Morgan fingerprint density at radius 3 is 2.59 bits per heavy atom. The van der Waals surface area contributed by atoms with Crippen LogP contribution in [-0.2, 0) is 6.54 Å². The number of amides is 1. The maximum absolute atomic E-state index is 13.0. The molecule has 6 nitrogen and oxygen atoms in total. The van der Waals surface area contributed by atoms with Gasteiger partial charge in [-0.1, -0.05) is 12.1 Å². The minimum absolute atomic E-state index is 0.0306. The average Bonchev–Trinajstić information content (AvgIpc) is 2.92. The molecule has 0 unspecified atom stereocenters. The Hall–Kier alpha value is -2.97. The number of carbonyl (C=O) groups excluding carboxylic acids is 1. The lowest BCUT2D eigenvalue weighted by Crippen LogP contribution is -2.49. The summed E-state index contributed by atoms with van der Waals surface area (Å²) in [6.07, 6.45) is -1.26. The molecule has 0 saturated carbocycles. The quantitative estimate of drug-likeness (QED) is 0.706. The van der Waals surface area contributed by atoms with Gasteiger partial charge in [0.2, 0.25) is 5.82 Å². The van der Waals surface area contributed by atoms with Gasteiger partial charge in [0, 0.05) is 31.4 Å². The van der Waals surface area contributed by atoms with Crippen LogP contribution in [0.3, 0.4) is 0 Å². The molecule has 3 heterocycles. The fourth-order valence-corrected chi connectivity index (χ4v) is 3.36. The van der Waals surface area contributed by atoms with Gasteiger partial charge in [-0.25, -0.2) is 4.98 Å². The van der Waals surface area contributed by atoms with Crippen molar-refractivity contribution in [3.8, 4) is 0 Å². The SMILES string of the molecule is Cc1nccnc1C1CN(C(=O)c2nc3ccccc3n2CC(F)(F)F)C1. The molecule has 1 fully saturated rings. The molecule has 3 aromatic rings. The number of rotatable bonds is 3. The summed E-state index contributed by atoms with van der Waals surface area (Å²) in [5.74, 6) is -0.667. The van der Waals surface area contributed by atoms with E-state index in [0.29, 0.717) is 24.1 Å². The van der Waals surface area contributed by atoms with Crippen LogP contribution in [0.5, 0.6) is 0 Å². The molecule has 0 atom stereocenters. The highest BCUT2D eigenvalue weighted by atomic mass is 19.4. The maximum atomic E-state index is 13.0. The number of likely N-dealkylation sites (tertiary alicyclic amines) is 1. The van der Waals surface area contributed by atoms with Crippen molar-refractivity contribution in [2.24, 2.45) is 0 Å². The summed E-state index contributed by atoms with van der Waals surface area (Å²) in [5.41, 5.74) is 2.26. The van der Waals surface area contributed by atoms with Crippen molar-refractivity contribution in [3.05, 3.63) is 53.9 Å². The fourth-order valence-electron chi connectivity index (χ4n) is 3.36. The molecule has 4 rings (SSSR count). The Labute approximate surface area is 152 Å². The Kier molecular flexibility index (Phi) is 4.09. The Morgan fingerprint density at radius 1 is 1.19 bits per heavy atom. The molecule has 2 aromatic heterocycles. The van der Waals surface area contributed by atoms with Crippen LogP contribution in [0, 0.1) is 6.92 Å². The van der Waals surface area contributed by atoms with Gasteiger partial charge in [-0.2, -0.15) is 13.2 Å². The van der Waals surface area contributed by atoms with Crippen molar-refractivity contribution in [2.45, 2.75) is 25.6 Å². The molecule has 0 N–H and O–H groups in total. The number of fused-ring (bicyclic) bond motifs is 1. The molecule has 0 bridgehead atoms. The van der Waals surface area contributed by atoms with Gasteiger partial charge in [-0.15, -0.1) is 0 Å². The van der Waals surface area contributed by atoms with Crippen molar-refractivity contribution in [3.63, 3.8) is 0 Å². The first kappa shape index (κ1) is 17.4. The third-order valence-electron chi connectivity index (χ3n) is 4.66. The van der Waals surface area contributed by atoms with Crippen LogP contribution >= 0.6 is 0 Å². The predicted molar refractivity (Wildman–Crippen MR) is 91.2 cm³/mol. The van der Waals surface area contributed by atoms with E-state index in [2.05, 4.69) is 15.0 Å². The summed E-state index contributed by atoms with van der Waals surface area (Å²) in [6, 6.07) is 6.44. The normalized spacial score (nSPS) is 15.2. The van der Waals surface area contributed by atoms with E-state index in [1.54, 1.807) is 30.6 Å². The molecule has 0 radical (unpaired) electrons. The van der Waals surface area contributed by atoms with Crippen molar-refractivity contribution in [1.82, 2.24) is 24.4 Å². The van der Waals surface area contributed by atoms with E-state index in [-0.39, 0.29) is 11.7 Å². The molecule has 0 spiro atoms. The molecular weight excluding hydrogens is 359 g/mol. The van der Waals surface area contributed by atoms with Gasteiger partial charge in [-0.3, -0.25) is 14.8 Å². The molecule has 1 amide bonds. The van der Waals surface area contributed by atoms with Gasteiger partial charge in [0.15, 0.2) is 0 Å². The van der Waals surface area contributed by atoms with Crippen molar-refractivity contribution >= 4 is 16.9 Å². The van der Waals surface area contributed by atoms with Crippen LogP contribution in [0.25, 0.3) is 11.0 Å². The van der Waals surface area contributed by atoms with Crippen LogP contribution in [0.4, 0.5) is 13.2 Å². The van der Waals surface area contributed by atoms with E-state index in [9.17, 15) is 18.0 Å². The highest BCUT2D eigenvalue weighted by Crippen LogP contribution is 2.30. The molecule has 0 aliphatic carbocycles. The monoisotopic (exact) mass is 375 g/mol. The molecule has 140 valence electrons. The highest BCUT2D eigenvalue weighted by molar-refractivity contribution is 5.95. The average molecular weight is 375 g/mol. The van der Waals surface area contributed by atoms with Gasteiger partial charge in [0.1, 0.15) is 6.54 Å². The lowest BCUT2D eigenvalue weighted by Gasteiger charge is -2.39. The van der Waals surface area contributed by atoms with E-state index in [4.69, 9.17) is 0 Å². The van der Waals surface area contributed by atoms with Crippen molar-refractivity contribution in [2.75, 3.05) is 13.1 Å². The molecular formula is C18H16F3N5O. The second kappa shape index (κ2) is 6.33. The molecule has 27 heavy (non-hydrogen) atoms. The van der Waals surface area contributed by atoms with E-state index >= 15 is 0 Å². The van der Waals surface area contributed by atoms with Gasteiger partial charge < -0.3 is 9.47 Å². The fraction of sp³-hybridized carbons (Fsp3) is 0.333. The summed E-state index contributed by atoms with van der Waals surface area (Å²) >= 11 is 0. The molecule has 1 aliphatic heterocycles. The number of hydrogen-bond donors (Lipinski definition) is 0. The Bertz CT molecular complexity index is 1010. The Morgan fingerprint density at radius 2 is 1.89 bits per heavy atom. The third-order valence-corrected chi connectivity index (χ3v) is 4.66. The number of halogens is 3. The number of hydrogen-bond acceptors (Lipinski definition) is 4. The first-order chi connectivity index (χ1) is 12.8. The molecule has 1 aromatic carbocycles. The summed E-state index contributed by atoms with van der Waals surface area (Å²) in [7, 11) is 0. The first-order valence-corrected chi connectivity index (χ1v) is 8.42. The van der Waals surface area contributed by atoms with E-state index in [1.165, 1.54) is 11.0 Å². The number of nitrogens with zero attached hydrogens (tertiary/aromatic N) is 5. The zero-order valence-corrected chi connectivity index (χ0v) is 14.4. The molecule has 1 aliphatic rings. The first-order valence-electron chi connectivity index (χ1n) is 8.42. The van der Waals surface area contributed by atoms with Gasteiger partial charge in [0.25, 0.3) is 5.91 Å². The number of aryl methyl sites for hydroxylation is 1. The number of carbonyl (C=O) groups is 1. The topological polar surface area (TPSA) is 63.9 Å². The van der Waals surface area contributed by atoms with Gasteiger partial charge >= 0.3 is 6.18 Å². The summed E-state index contributed by atoms with van der Waals surface area (Å²) in [4.78, 5) is 26.9. The van der Waals surface area contributed by atoms with Crippen molar-refractivity contribution in [1.29, 1.82) is 0 Å². The highest BCUT2D eigenvalue weighted by Gasteiger charge is 2.38. The van der Waals surface area contributed by atoms with E-state index in [0.717, 1.165) is 16.0 Å². The van der Waals surface area contributed by atoms with Crippen LogP contribution in [0.1, 0.15) is 27.9 Å². The minimum Gasteiger partial charge on any atom is -0.334 e. The Balaban J connectivity index is 1.60. The second-order valence-electron chi connectivity index (χ2n) is 6.56. The largest absolute Gasteiger partial charge is 0.406 e. The predicted octanol–water partition coefficient (Wildman–Crippen LogP) is 2.94. The second-order valence-corrected chi connectivity index (χ2v) is 6.56. The van der Waals surface area contributed by atoms with Crippen molar-refractivity contribution < 1.29 is 18.0 Å². The zero-order chi connectivity index (χ0) is 19.2. The van der Waals surface area contributed by atoms with E-state index in [1.807, 2.05) is 6.92 Å². The number of imidazole rings is 1. The summed E-state index contributed by atoms with van der Waals surface area (Å²) in [5, 5.41) is 0.